The Bertz CT molecular complexity index is 736. The second-order valence-electron chi connectivity index (χ2n) is 7.81. The van der Waals surface area contributed by atoms with Crippen LogP contribution in [-0.2, 0) is 13.0 Å². The van der Waals surface area contributed by atoms with E-state index in [1.165, 1.54) is 11.1 Å². The van der Waals surface area contributed by atoms with Gasteiger partial charge in [0.05, 0.1) is 12.7 Å². The molecule has 2 fully saturated rings. The maximum atomic E-state index is 10.1. The molecular weight excluding hydrogens is 336 g/mol. The highest BCUT2D eigenvalue weighted by molar-refractivity contribution is 5.33. The first-order chi connectivity index (χ1) is 13.2. The van der Waals surface area contributed by atoms with Gasteiger partial charge in [0.15, 0.2) is 0 Å². The predicted octanol–water partition coefficient (Wildman–Crippen LogP) is 2.95. The first-order valence-corrected chi connectivity index (χ1v) is 10.1. The minimum absolute atomic E-state index is 0.178. The van der Waals surface area contributed by atoms with Crippen LogP contribution in [-0.4, -0.2) is 59.3 Å². The number of fused-ring (bicyclic) bond motifs is 1. The van der Waals surface area contributed by atoms with Crippen molar-refractivity contribution in [1.82, 2.24) is 9.80 Å². The molecule has 3 atom stereocenters. The Hall–Kier alpha value is -1.88. The second kappa shape index (κ2) is 8.42. The summed E-state index contributed by atoms with van der Waals surface area (Å²) in [6.07, 6.45) is 1.75. The molecule has 2 heterocycles. The molecular formula is C23H30N2O2. The maximum Gasteiger partial charge on any atom is 0.123 e. The van der Waals surface area contributed by atoms with Crippen LogP contribution in [0.25, 0.3) is 0 Å². The van der Waals surface area contributed by atoms with Crippen molar-refractivity contribution in [2.24, 2.45) is 0 Å². The average molecular weight is 367 g/mol. The van der Waals surface area contributed by atoms with Gasteiger partial charge in [-0.3, -0.25) is 9.80 Å². The molecule has 4 nitrogen and oxygen atoms in total. The molecule has 0 saturated carbocycles. The van der Waals surface area contributed by atoms with Gasteiger partial charge < -0.3 is 9.84 Å². The van der Waals surface area contributed by atoms with Gasteiger partial charge >= 0.3 is 0 Å². The molecule has 2 aliphatic heterocycles. The van der Waals surface area contributed by atoms with Gasteiger partial charge in [0.1, 0.15) is 5.75 Å². The molecule has 0 bridgehead atoms. The molecule has 4 heteroatoms. The molecule has 0 aromatic heterocycles. The summed E-state index contributed by atoms with van der Waals surface area (Å²) in [6, 6.07) is 20.1. The zero-order valence-corrected chi connectivity index (χ0v) is 16.1. The van der Waals surface area contributed by atoms with E-state index in [9.17, 15) is 5.11 Å². The zero-order chi connectivity index (χ0) is 18.6. The molecule has 144 valence electrons. The number of piperazine rings is 1. The van der Waals surface area contributed by atoms with Gasteiger partial charge in [-0.2, -0.15) is 0 Å². The average Bonchev–Trinajstić information content (AvgIpc) is 3.03. The molecule has 2 saturated heterocycles. The highest BCUT2D eigenvalue weighted by Gasteiger charge is 2.39. The maximum absolute atomic E-state index is 10.1. The van der Waals surface area contributed by atoms with Crippen LogP contribution < -0.4 is 4.74 Å². The number of hydrogen-bond acceptors (Lipinski definition) is 4. The molecule has 0 aliphatic carbocycles. The fraction of sp³-hybridized carbons (Fsp3) is 0.478. The van der Waals surface area contributed by atoms with E-state index in [2.05, 4.69) is 58.3 Å². The van der Waals surface area contributed by atoms with E-state index in [4.69, 9.17) is 4.74 Å². The smallest absolute Gasteiger partial charge is 0.123 e. The predicted molar refractivity (Wildman–Crippen MR) is 108 cm³/mol. The summed E-state index contributed by atoms with van der Waals surface area (Å²) in [5.41, 5.74) is 2.63. The summed E-state index contributed by atoms with van der Waals surface area (Å²) in [5.74, 6) is 0.993. The van der Waals surface area contributed by atoms with Crippen LogP contribution in [0, 0.1) is 0 Å². The normalized spacial score (nSPS) is 26.1. The van der Waals surface area contributed by atoms with E-state index in [0.717, 1.165) is 44.8 Å². The van der Waals surface area contributed by atoms with Crippen LogP contribution in [0.3, 0.4) is 0 Å². The topological polar surface area (TPSA) is 35.9 Å². The Labute approximate surface area is 162 Å². The summed E-state index contributed by atoms with van der Waals surface area (Å²) < 4.78 is 5.86. The fourth-order valence-corrected chi connectivity index (χ4v) is 4.60. The van der Waals surface area contributed by atoms with Crippen molar-refractivity contribution >= 4 is 0 Å². The van der Waals surface area contributed by atoms with Crippen LogP contribution >= 0.6 is 0 Å². The van der Waals surface area contributed by atoms with E-state index < -0.39 is 0 Å². The first kappa shape index (κ1) is 18.5. The van der Waals surface area contributed by atoms with Crippen molar-refractivity contribution < 1.29 is 9.84 Å². The van der Waals surface area contributed by atoms with Crippen LogP contribution in [0.5, 0.6) is 5.75 Å². The third kappa shape index (κ3) is 4.34. The lowest BCUT2D eigenvalue weighted by molar-refractivity contribution is 0.0439. The lowest BCUT2D eigenvalue weighted by Crippen LogP contribution is -2.56. The SMILES string of the molecule is CCOc1ccccc1CN1C[C@@H]2C[C@@H](O)CN2C[C@@H]1Cc1ccccc1. The molecule has 0 spiro atoms. The minimum atomic E-state index is -0.178. The summed E-state index contributed by atoms with van der Waals surface area (Å²) in [7, 11) is 0. The Morgan fingerprint density at radius 3 is 2.59 bits per heavy atom. The van der Waals surface area contributed by atoms with Gasteiger partial charge in [-0.05, 0) is 31.4 Å². The quantitative estimate of drug-likeness (QED) is 0.853. The first-order valence-electron chi connectivity index (χ1n) is 10.1. The van der Waals surface area contributed by atoms with Crippen LogP contribution in [0.4, 0.5) is 0 Å². The van der Waals surface area contributed by atoms with Gasteiger partial charge in [-0.1, -0.05) is 48.5 Å². The van der Waals surface area contributed by atoms with E-state index in [0.29, 0.717) is 18.7 Å². The van der Waals surface area contributed by atoms with Crippen LogP contribution in [0.15, 0.2) is 54.6 Å². The van der Waals surface area contributed by atoms with Crippen LogP contribution in [0.2, 0.25) is 0 Å². The summed E-state index contributed by atoms with van der Waals surface area (Å²) in [6.45, 7) is 6.47. The minimum Gasteiger partial charge on any atom is -0.494 e. The Morgan fingerprint density at radius 1 is 1.00 bits per heavy atom. The summed E-state index contributed by atoms with van der Waals surface area (Å²) in [4.78, 5) is 5.09. The van der Waals surface area contributed by atoms with Gasteiger partial charge in [0, 0.05) is 43.8 Å². The van der Waals surface area contributed by atoms with Gasteiger partial charge in [0.2, 0.25) is 0 Å². The van der Waals surface area contributed by atoms with E-state index >= 15 is 0 Å². The van der Waals surface area contributed by atoms with E-state index in [1.807, 2.05) is 13.0 Å². The number of para-hydroxylation sites is 1. The number of ether oxygens (including phenoxy) is 1. The number of aliphatic hydroxyl groups excluding tert-OH is 1. The number of rotatable bonds is 6. The third-order valence-corrected chi connectivity index (χ3v) is 5.87. The van der Waals surface area contributed by atoms with Crippen molar-refractivity contribution in [1.29, 1.82) is 0 Å². The van der Waals surface area contributed by atoms with E-state index in [-0.39, 0.29) is 6.10 Å². The largest absolute Gasteiger partial charge is 0.494 e. The second-order valence-corrected chi connectivity index (χ2v) is 7.81. The monoisotopic (exact) mass is 366 g/mol. The summed E-state index contributed by atoms with van der Waals surface area (Å²) in [5, 5.41) is 10.1. The van der Waals surface area contributed by atoms with Gasteiger partial charge in [0.25, 0.3) is 0 Å². The number of benzene rings is 2. The lowest BCUT2D eigenvalue weighted by atomic mass is 9.99. The standard InChI is InChI=1S/C23H30N2O2/c1-2-27-23-11-7-6-10-19(23)14-24-16-21-13-22(26)17-25(21)15-20(24)12-18-8-4-3-5-9-18/h3-11,20-22,26H,2,12-17H2,1H3/t20-,21-,22+/m0/s1. The molecule has 2 aliphatic rings. The van der Waals surface area contributed by atoms with Crippen molar-refractivity contribution in [3.8, 4) is 5.75 Å². The van der Waals surface area contributed by atoms with Gasteiger partial charge in [-0.15, -0.1) is 0 Å². The molecule has 2 aromatic rings. The Kier molecular flexibility index (Phi) is 5.77. The molecule has 1 N–H and O–H groups in total. The van der Waals surface area contributed by atoms with Crippen LogP contribution in [0.1, 0.15) is 24.5 Å². The Morgan fingerprint density at radius 2 is 1.78 bits per heavy atom. The van der Waals surface area contributed by atoms with Crippen molar-refractivity contribution in [2.45, 2.75) is 44.5 Å². The highest BCUT2D eigenvalue weighted by Crippen LogP contribution is 2.29. The molecule has 0 radical (unpaired) electrons. The number of hydrogen-bond donors (Lipinski definition) is 1. The number of aliphatic hydroxyl groups is 1. The molecule has 2 aromatic carbocycles. The van der Waals surface area contributed by atoms with Crippen molar-refractivity contribution in [2.75, 3.05) is 26.2 Å². The summed E-state index contributed by atoms with van der Waals surface area (Å²) >= 11 is 0. The van der Waals surface area contributed by atoms with Crippen molar-refractivity contribution in [3.63, 3.8) is 0 Å². The lowest BCUT2D eigenvalue weighted by Gasteiger charge is -2.44. The third-order valence-electron chi connectivity index (χ3n) is 5.87. The highest BCUT2D eigenvalue weighted by atomic mass is 16.5. The molecule has 27 heavy (non-hydrogen) atoms. The zero-order valence-electron chi connectivity index (χ0n) is 16.1. The van der Waals surface area contributed by atoms with Crippen molar-refractivity contribution in [3.05, 3.63) is 65.7 Å². The van der Waals surface area contributed by atoms with E-state index in [1.54, 1.807) is 0 Å². The molecule has 0 unspecified atom stereocenters. The molecule has 0 amide bonds. The Balaban J connectivity index is 1.55. The molecule has 4 rings (SSSR count). The fourth-order valence-electron chi connectivity index (χ4n) is 4.60. The number of nitrogens with zero attached hydrogens (tertiary/aromatic N) is 2. The van der Waals surface area contributed by atoms with Gasteiger partial charge in [-0.25, -0.2) is 0 Å².